The van der Waals surface area contributed by atoms with Crippen LogP contribution >= 0.6 is 22.6 Å². The molecule has 0 aliphatic heterocycles. The van der Waals surface area contributed by atoms with Crippen LogP contribution in [0.2, 0.25) is 0 Å². The summed E-state index contributed by atoms with van der Waals surface area (Å²) in [4.78, 5) is 3.52. The molecule has 1 aromatic heterocycles. The molecule has 0 spiro atoms. The van der Waals surface area contributed by atoms with Gasteiger partial charge >= 0.3 is 0 Å². The molecule has 0 aliphatic rings. The molecule has 0 bridgehead atoms. The van der Waals surface area contributed by atoms with Gasteiger partial charge in [0, 0.05) is 9.64 Å². The first-order chi connectivity index (χ1) is 7.65. The Morgan fingerprint density at radius 1 is 1.12 bits per heavy atom. The van der Waals surface area contributed by atoms with Crippen LogP contribution in [0.25, 0.3) is 0 Å². The highest BCUT2D eigenvalue weighted by atomic mass is 127. The lowest BCUT2D eigenvalue weighted by Crippen LogP contribution is -1.93. The van der Waals surface area contributed by atoms with Crippen molar-refractivity contribution in [3.8, 4) is 11.6 Å². The van der Waals surface area contributed by atoms with E-state index in [9.17, 15) is 8.78 Å². The molecule has 0 fully saturated rings. The van der Waals surface area contributed by atoms with Crippen molar-refractivity contribution in [2.45, 2.75) is 0 Å². The summed E-state index contributed by atoms with van der Waals surface area (Å²) in [5.41, 5.74) is 0. The van der Waals surface area contributed by atoms with Crippen LogP contribution in [0.15, 0.2) is 36.5 Å². The number of ether oxygens (including phenoxy) is 1. The van der Waals surface area contributed by atoms with Gasteiger partial charge in [0.2, 0.25) is 0 Å². The lowest BCUT2D eigenvalue weighted by molar-refractivity contribution is 0.416. The number of pyridine rings is 1. The second-order valence-electron chi connectivity index (χ2n) is 3.00. The molecule has 0 atom stereocenters. The number of aromatic nitrogens is 1. The summed E-state index contributed by atoms with van der Waals surface area (Å²) >= 11 is 2.14. The highest BCUT2D eigenvalue weighted by Crippen LogP contribution is 2.22. The Kier molecular flexibility index (Phi) is 3.33. The van der Waals surface area contributed by atoms with Crippen LogP contribution in [0.3, 0.4) is 0 Å². The van der Waals surface area contributed by atoms with E-state index in [0.717, 1.165) is 15.8 Å². The zero-order valence-electron chi connectivity index (χ0n) is 7.95. The first kappa shape index (κ1) is 11.3. The minimum absolute atomic E-state index is 0.234. The number of rotatable bonds is 2. The third-order valence-corrected chi connectivity index (χ3v) is 2.52. The van der Waals surface area contributed by atoms with Gasteiger partial charge in [-0.3, -0.25) is 0 Å². The molecular weight excluding hydrogens is 327 g/mol. The van der Waals surface area contributed by atoms with Gasteiger partial charge in [0.25, 0.3) is 5.88 Å². The minimum atomic E-state index is -0.821. The molecule has 0 amide bonds. The summed E-state index contributed by atoms with van der Waals surface area (Å²) < 4.78 is 32.0. The van der Waals surface area contributed by atoms with Crippen LogP contribution in [0.1, 0.15) is 0 Å². The maximum absolute atomic E-state index is 13.2. The van der Waals surface area contributed by atoms with Crippen LogP contribution in [0, 0.1) is 15.2 Å². The number of halogens is 3. The maximum Gasteiger partial charge on any atom is 0.256 e. The Bertz CT molecular complexity index is 502. The summed E-state index contributed by atoms with van der Waals surface area (Å²) in [7, 11) is 0. The van der Waals surface area contributed by atoms with Gasteiger partial charge in [-0.1, -0.05) is 0 Å². The zero-order valence-corrected chi connectivity index (χ0v) is 10.1. The molecule has 16 heavy (non-hydrogen) atoms. The maximum atomic E-state index is 13.2. The Morgan fingerprint density at radius 2 is 1.81 bits per heavy atom. The van der Waals surface area contributed by atoms with Crippen molar-refractivity contribution in [1.29, 1.82) is 0 Å². The standard InChI is InChI=1S/C11H6F2INO/c12-7-5-10(13)11(15-6-7)16-9-3-1-8(14)2-4-9/h1-6H. The number of hydrogen-bond donors (Lipinski definition) is 0. The Morgan fingerprint density at radius 3 is 2.44 bits per heavy atom. The average Bonchev–Trinajstić information content (AvgIpc) is 2.25. The van der Waals surface area contributed by atoms with Gasteiger partial charge in [-0.15, -0.1) is 0 Å². The van der Waals surface area contributed by atoms with E-state index in [0.29, 0.717) is 5.75 Å². The Labute approximate surface area is 104 Å². The van der Waals surface area contributed by atoms with Crippen LogP contribution < -0.4 is 4.74 Å². The summed E-state index contributed by atoms with van der Waals surface area (Å²) in [6, 6.07) is 7.74. The second kappa shape index (κ2) is 4.73. The Hall–Kier alpha value is -1.24. The normalized spacial score (nSPS) is 10.2. The summed E-state index contributed by atoms with van der Waals surface area (Å²) in [5.74, 6) is -1.33. The third kappa shape index (κ3) is 2.66. The molecule has 1 heterocycles. The van der Waals surface area contributed by atoms with E-state index in [1.165, 1.54) is 0 Å². The third-order valence-electron chi connectivity index (χ3n) is 1.80. The zero-order chi connectivity index (χ0) is 11.5. The average molecular weight is 333 g/mol. The van der Waals surface area contributed by atoms with Gasteiger partial charge in [0.15, 0.2) is 5.82 Å². The smallest absolute Gasteiger partial charge is 0.256 e. The van der Waals surface area contributed by atoms with Crippen LogP contribution in [-0.4, -0.2) is 4.98 Å². The summed E-state index contributed by atoms with van der Waals surface area (Å²) in [6.07, 6.45) is 0.908. The fraction of sp³-hybridized carbons (Fsp3) is 0. The molecule has 0 saturated heterocycles. The fourth-order valence-corrected chi connectivity index (χ4v) is 1.45. The lowest BCUT2D eigenvalue weighted by Gasteiger charge is -2.05. The molecule has 2 nitrogen and oxygen atoms in total. The van der Waals surface area contributed by atoms with Gasteiger partial charge in [-0.25, -0.2) is 13.8 Å². The fourth-order valence-electron chi connectivity index (χ4n) is 1.09. The van der Waals surface area contributed by atoms with E-state index < -0.39 is 11.6 Å². The van der Waals surface area contributed by atoms with Crippen molar-refractivity contribution < 1.29 is 13.5 Å². The van der Waals surface area contributed by atoms with Gasteiger partial charge in [0.1, 0.15) is 11.6 Å². The van der Waals surface area contributed by atoms with Crippen molar-refractivity contribution in [2.24, 2.45) is 0 Å². The largest absolute Gasteiger partial charge is 0.436 e. The molecule has 82 valence electrons. The van der Waals surface area contributed by atoms with E-state index in [1.807, 2.05) is 12.1 Å². The highest BCUT2D eigenvalue weighted by molar-refractivity contribution is 14.1. The molecule has 0 radical (unpaired) electrons. The van der Waals surface area contributed by atoms with E-state index in [4.69, 9.17) is 4.74 Å². The van der Waals surface area contributed by atoms with E-state index in [2.05, 4.69) is 27.6 Å². The predicted molar refractivity (Wildman–Crippen MR) is 63.4 cm³/mol. The van der Waals surface area contributed by atoms with Gasteiger partial charge in [-0.2, -0.15) is 0 Å². The molecule has 0 saturated carbocycles. The van der Waals surface area contributed by atoms with E-state index in [1.54, 1.807) is 12.1 Å². The number of hydrogen-bond acceptors (Lipinski definition) is 2. The first-order valence-corrected chi connectivity index (χ1v) is 5.47. The van der Waals surface area contributed by atoms with Crippen molar-refractivity contribution in [3.63, 3.8) is 0 Å². The van der Waals surface area contributed by atoms with Crippen molar-refractivity contribution in [2.75, 3.05) is 0 Å². The molecule has 0 unspecified atom stereocenters. The minimum Gasteiger partial charge on any atom is -0.436 e. The lowest BCUT2D eigenvalue weighted by atomic mass is 10.3. The highest BCUT2D eigenvalue weighted by Gasteiger charge is 2.07. The van der Waals surface area contributed by atoms with E-state index >= 15 is 0 Å². The quantitative estimate of drug-likeness (QED) is 0.781. The van der Waals surface area contributed by atoms with Crippen LogP contribution in [0.5, 0.6) is 11.6 Å². The Balaban J connectivity index is 2.23. The molecule has 0 aliphatic carbocycles. The molecule has 2 aromatic rings. The topological polar surface area (TPSA) is 22.1 Å². The van der Waals surface area contributed by atoms with Crippen LogP contribution in [0.4, 0.5) is 8.78 Å². The number of benzene rings is 1. The van der Waals surface area contributed by atoms with Crippen molar-refractivity contribution >= 4 is 22.6 Å². The molecule has 2 rings (SSSR count). The van der Waals surface area contributed by atoms with E-state index in [-0.39, 0.29) is 5.88 Å². The second-order valence-corrected chi connectivity index (χ2v) is 4.24. The van der Waals surface area contributed by atoms with Crippen molar-refractivity contribution in [1.82, 2.24) is 4.98 Å². The summed E-state index contributed by atoms with van der Waals surface area (Å²) in [5, 5.41) is 0. The van der Waals surface area contributed by atoms with Crippen LogP contribution in [-0.2, 0) is 0 Å². The van der Waals surface area contributed by atoms with Crippen molar-refractivity contribution in [3.05, 3.63) is 51.7 Å². The molecule has 5 heteroatoms. The first-order valence-electron chi connectivity index (χ1n) is 4.39. The molecule has 0 N–H and O–H groups in total. The van der Waals surface area contributed by atoms with Gasteiger partial charge in [-0.05, 0) is 46.9 Å². The predicted octanol–water partition coefficient (Wildman–Crippen LogP) is 3.76. The molecule has 1 aromatic carbocycles. The van der Waals surface area contributed by atoms with Gasteiger partial charge < -0.3 is 4.74 Å². The SMILES string of the molecule is Fc1cnc(Oc2ccc(I)cc2)c(F)c1. The van der Waals surface area contributed by atoms with Gasteiger partial charge in [0.05, 0.1) is 6.20 Å². The summed E-state index contributed by atoms with van der Waals surface area (Å²) in [6.45, 7) is 0. The molecular formula is C11H6F2INO. The monoisotopic (exact) mass is 333 g/mol. The number of nitrogens with zero attached hydrogens (tertiary/aromatic N) is 1.